The third-order valence-electron chi connectivity index (χ3n) is 4.04. The van der Waals surface area contributed by atoms with Crippen LogP contribution in [0.15, 0.2) is 18.3 Å². The van der Waals surface area contributed by atoms with Crippen molar-refractivity contribution in [3.63, 3.8) is 0 Å². The molecule has 0 fully saturated rings. The zero-order valence-electron chi connectivity index (χ0n) is 14.5. The van der Waals surface area contributed by atoms with Gasteiger partial charge in [-0.2, -0.15) is 5.10 Å². The molecule has 6 nitrogen and oxygen atoms in total. The number of hydrogen-bond donors (Lipinski definition) is 2. The lowest BCUT2D eigenvalue weighted by molar-refractivity contribution is 0.304. The average molecular weight is 317 g/mol. The third-order valence-corrected chi connectivity index (χ3v) is 4.04. The largest absolute Gasteiger partial charge is 0.395 e. The summed E-state index contributed by atoms with van der Waals surface area (Å²) >= 11 is 0. The molecule has 0 unspecified atom stereocenters. The van der Waals surface area contributed by atoms with Gasteiger partial charge in [0.05, 0.1) is 24.2 Å². The van der Waals surface area contributed by atoms with Crippen molar-refractivity contribution in [3.8, 4) is 0 Å². The summed E-state index contributed by atoms with van der Waals surface area (Å²) in [5.41, 5.74) is 4.52. The van der Waals surface area contributed by atoms with Crippen LogP contribution in [-0.2, 0) is 13.1 Å². The highest BCUT2D eigenvalue weighted by molar-refractivity contribution is 5.49. The summed E-state index contributed by atoms with van der Waals surface area (Å²) in [5, 5.41) is 16.9. The standard InChI is InChI=1S/C17H27N5O/c1-5-8-22-14(3)16(13(2)20-22)12-19-17-7-6-15(11-18-17)21(4)9-10-23/h6-7,11,23H,5,8-10,12H2,1-4H3,(H,18,19). The summed E-state index contributed by atoms with van der Waals surface area (Å²) in [6.07, 6.45) is 2.90. The molecule has 0 aliphatic carbocycles. The van der Waals surface area contributed by atoms with Crippen molar-refractivity contribution in [3.05, 3.63) is 35.3 Å². The summed E-state index contributed by atoms with van der Waals surface area (Å²) in [5.74, 6) is 0.841. The van der Waals surface area contributed by atoms with E-state index in [0.717, 1.165) is 36.7 Å². The monoisotopic (exact) mass is 317 g/mol. The van der Waals surface area contributed by atoms with Crippen molar-refractivity contribution in [2.45, 2.75) is 40.3 Å². The predicted molar refractivity (Wildman–Crippen MR) is 93.9 cm³/mol. The topological polar surface area (TPSA) is 66.2 Å². The van der Waals surface area contributed by atoms with Gasteiger partial charge >= 0.3 is 0 Å². The highest BCUT2D eigenvalue weighted by Crippen LogP contribution is 2.17. The minimum atomic E-state index is 0.136. The molecule has 0 amide bonds. The van der Waals surface area contributed by atoms with Crippen LogP contribution in [0.3, 0.4) is 0 Å². The number of aliphatic hydroxyl groups is 1. The molecule has 0 spiro atoms. The molecule has 0 atom stereocenters. The van der Waals surface area contributed by atoms with Crippen molar-refractivity contribution in [1.29, 1.82) is 0 Å². The quantitative estimate of drug-likeness (QED) is 0.782. The fourth-order valence-corrected chi connectivity index (χ4v) is 2.59. The second-order valence-electron chi connectivity index (χ2n) is 5.77. The van der Waals surface area contributed by atoms with Gasteiger partial charge in [0.1, 0.15) is 5.82 Å². The van der Waals surface area contributed by atoms with Crippen molar-refractivity contribution in [2.75, 3.05) is 30.4 Å². The maximum absolute atomic E-state index is 8.97. The van der Waals surface area contributed by atoms with E-state index >= 15 is 0 Å². The molecule has 0 aliphatic rings. The van der Waals surface area contributed by atoms with Crippen molar-refractivity contribution in [1.82, 2.24) is 14.8 Å². The first kappa shape index (κ1) is 17.3. The lowest BCUT2D eigenvalue weighted by Gasteiger charge is -2.17. The Balaban J connectivity index is 2.01. The molecule has 0 aliphatic heterocycles. The normalized spacial score (nSPS) is 10.8. The summed E-state index contributed by atoms with van der Waals surface area (Å²) in [4.78, 5) is 6.41. The first-order valence-electron chi connectivity index (χ1n) is 8.11. The van der Waals surface area contributed by atoms with Crippen LogP contribution in [0.1, 0.15) is 30.3 Å². The fraction of sp³-hybridized carbons (Fsp3) is 0.529. The number of likely N-dealkylation sites (N-methyl/N-ethyl adjacent to an activating group) is 1. The van der Waals surface area contributed by atoms with Crippen LogP contribution in [0.5, 0.6) is 0 Å². The molecular formula is C17H27N5O. The third kappa shape index (κ3) is 4.22. The van der Waals surface area contributed by atoms with Crippen LogP contribution in [0.4, 0.5) is 11.5 Å². The summed E-state index contributed by atoms with van der Waals surface area (Å²) in [7, 11) is 1.94. The summed E-state index contributed by atoms with van der Waals surface area (Å²) < 4.78 is 2.08. The van der Waals surface area contributed by atoms with Crippen LogP contribution in [0.25, 0.3) is 0 Å². The van der Waals surface area contributed by atoms with Crippen molar-refractivity contribution >= 4 is 11.5 Å². The van der Waals surface area contributed by atoms with Gasteiger partial charge in [-0.1, -0.05) is 6.92 Å². The van der Waals surface area contributed by atoms with Gasteiger partial charge in [-0.25, -0.2) is 4.98 Å². The average Bonchev–Trinajstić information content (AvgIpc) is 2.80. The zero-order chi connectivity index (χ0) is 16.8. The predicted octanol–water partition coefficient (Wildman–Crippen LogP) is 2.35. The molecule has 2 heterocycles. The first-order valence-corrected chi connectivity index (χ1v) is 8.11. The number of nitrogens with one attached hydrogen (secondary N) is 1. The lowest BCUT2D eigenvalue weighted by Crippen LogP contribution is -2.21. The zero-order valence-corrected chi connectivity index (χ0v) is 14.5. The number of pyridine rings is 1. The number of aromatic nitrogens is 3. The Morgan fingerprint density at radius 2 is 2.09 bits per heavy atom. The Labute approximate surface area is 138 Å². The second kappa shape index (κ2) is 7.97. The molecule has 2 aromatic rings. The molecule has 6 heteroatoms. The molecule has 126 valence electrons. The summed E-state index contributed by atoms with van der Waals surface area (Å²) in [6.45, 7) is 8.74. The molecule has 0 saturated carbocycles. The Bertz CT molecular complexity index is 621. The minimum Gasteiger partial charge on any atom is -0.395 e. The van der Waals surface area contributed by atoms with E-state index in [1.165, 1.54) is 11.3 Å². The number of aliphatic hydroxyl groups excluding tert-OH is 1. The minimum absolute atomic E-state index is 0.136. The van der Waals surface area contributed by atoms with E-state index in [1.54, 1.807) is 0 Å². The number of anilines is 2. The van der Waals surface area contributed by atoms with E-state index in [-0.39, 0.29) is 6.61 Å². The maximum Gasteiger partial charge on any atom is 0.126 e. The molecule has 0 radical (unpaired) electrons. The van der Waals surface area contributed by atoms with E-state index in [0.29, 0.717) is 6.54 Å². The van der Waals surface area contributed by atoms with Gasteiger partial charge in [0.2, 0.25) is 0 Å². The van der Waals surface area contributed by atoms with Gasteiger partial charge in [0.25, 0.3) is 0 Å². The van der Waals surface area contributed by atoms with Crippen molar-refractivity contribution in [2.24, 2.45) is 0 Å². The van der Waals surface area contributed by atoms with Gasteiger partial charge in [0.15, 0.2) is 0 Å². The molecule has 0 aromatic carbocycles. The van der Waals surface area contributed by atoms with Gasteiger partial charge in [-0.3, -0.25) is 4.68 Å². The fourth-order valence-electron chi connectivity index (χ4n) is 2.59. The number of rotatable bonds is 8. The Hall–Kier alpha value is -2.08. The van der Waals surface area contributed by atoms with E-state index < -0.39 is 0 Å². The highest BCUT2D eigenvalue weighted by Gasteiger charge is 2.11. The van der Waals surface area contributed by atoms with E-state index in [9.17, 15) is 0 Å². The molecule has 0 bridgehead atoms. The summed E-state index contributed by atoms with van der Waals surface area (Å²) in [6, 6.07) is 3.97. The Morgan fingerprint density at radius 3 is 2.70 bits per heavy atom. The lowest BCUT2D eigenvalue weighted by atomic mass is 10.2. The Morgan fingerprint density at radius 1 is 1.30 bits per heavy atom. The maximum atomic E-state index is 8.97. The number of nitrogens with zero attached hydrogens (tertiary/aromatic N) is 4. The van der Waals surface area contributed by atoms with Gasteiger partial charge in [-0.15, -0.1) is 0 Å². The van der Waals surface area contributed by atoms with Gasteiger partial charge < -0.3 is 15.3 Å². The van der Waals surface area contributed by atoms with Crippen LogP contribution in [-0.4, -0.2) is 40.1 Å². The molecule has 2 aromatic heterocycles. The van der Waals surface area contributed by atoms with Gasteiger partial charge in [-0.05, 0) is 32.4 Å². The van der Waals surface area contributed by atoms with Crippen LogP contribution in [0, 0.1) is 13.8 Å². The highest BCUT2D eigenvalue weighted by atomic mass is 16.3. The Kier molecular flexibility index (Phi) is 5.98. The van der Waals surface area contributed by atoms with E-state index in [4.69, 9.17) is 5.11 Å². The van der Waals surface area contributed by atoms with Crippen LogP contribution >= 0.6 is 0 Å². The SMILES string of the molecule is CCCn1nc(C)c(CNc2ccc(N(C)CCO)cn2)c1C. The van der Waals surface area contributed by atoms with Crippen LogP contribution in [0.2, 0.25) is 0 Å². The number of hydrogen-bond acceptors (Lipinski definition) is 5. The molecule has 2 N–H and O–H groups in total. The van der Waals surface area contributed by atoms with E-state index in [2.05, 4.69) is 40.9 Å². The van der Waals surface area contributed by atoms with Crippen LogP contribution < -0.4 is 10.2 Å². The molecule has 0 saturated heterocycles. The smallest absolute Gasteiger partial charge is 0.126 e. The molecular weight excluding hydrogens is 290 g/mol. The van der Waals surface area contributed by atoms with Crippen molar-refractivity contribution < 1.29 is 5.11 Å². The van der Waals surface area contributed by atoms with Gasteiger partial charge in [0, 0.05) is 37.9 Å². The second-order valence-corrected chi connectivity index (χ2v) is 5.77. The molecule has 23 heavy (non-hydrogen) atoms. The number of aryl methyl sites for hydroxylation is 2. The van der Waals surface area contributed by atoms with E-state index in [1.807, 2.05) is 30.3 Å². The molecule has 2 rings (SSSR count). The first-order chi connectivity index (χ1) is 11.1.